The van der Waals surface area contributed by atoms with Gasteiger partial charge in [0.2, 0.25) is 0 Å². The second kappa shape index (κ2) is 8.82. The lowest BCUT2D eigenvalue weighted by molar-refractivity contribution is 0.410. The van der Waals surface area contributed by atoms with Gasteiger partial charge in [-0.3, -0.25) is 0 Å². The number of thioether (sulfide) groups is 1. The zero-order valence-corrected chi connectivity index (χ0v) is 13.7. The monoisotopic (exact) mass is 307 g/mol. The molecule has 0 aliphatic carbocycles. The molecular weight excluding hydrogens is 282 g/mol. The molecule has 1 unspecified atom stereocenters. The van der Waals surface area contributed by atoms with Gasteiger partial charge in [0.25, 0.3) is 0 Å². The van der Waals surface area contributed by atoms with E-state index in [-0.39, 0.29) is 0 Å². The molecule has 4 nitrogen and oxygen atoms in total. The van der Waals surface area contributed by atoms with Crippen molar-refractivity contribution in [3.05, 3.63) is 29.8 Å². The van der Waals surface area contributed by atoms with Gasteiger partial charge in [-0.15, -0.1) is 0 Å². The zero-order valence-electron chi connectivity index (χ0n) is 12.9. The van der Waals surface area contributed by atoms with Crippen LogP contribution in [0, 0.1) is 0 Å². The lowest BCUT2D eigenvalue weighted by Crippen LogP contribution is -2.40. The molecule has 21 heavy (non-hydrogen) atoms. The maximum absolute atomic E-state index is 5.37. The fourth-order valence-electron chi connectivity index (χ4n) is 2.36. The van der Waals surface area contributed by atoms with E-state index in [0.717, 1.165) is 35.6 Å². The maximum atomic E-state index is 5.37. The van der Waals surface area contributed by atoms with Crippen LogP contribution in [0.3, 0.4) is 0 Å². The minimum atomic E-state index is 0.622. The summed E-state index contributed by atoms with van der Waals surface area (Å²) in [5, 5.41) is 7.47. The van der Waals surface area contributed by atoms with Gasteiger partial charge >= 0.3 is 0 Å². The smallest absolute Gasteiger partial charge is 0.191 e. The van der Waals surface area contributed by atoms with Crippen molar-refractivity contribution < 1.29 is 4.74 Å². The molecule has 0 saturated carbocycles. The Morgan fingerprint density at radius 2 is 2.24 bits per heavy atom. The number of ether oxygens (including phenoxy) is 1. The third-order valence-corrected chi connectivity index (χ3v) is 4.86. The van der Waals surface area contributed by atoms with Crippen LogP contribution in [0.4, 0.5) is 0 Å². The summed E-state index contributed by atoms with van der Waals surface area (Å²) in [6, 6.07) is 8.02. The lowest BCUT2D eigenvalue weighted by Gasteiger charge is -2.14. The molecule has 1 atom stereocenters. The Hall–Kier alpha value is -1.36. The first-order chi connectivity index (χ1) is 10.3. The number of guanidine groups is 1. The van der Waals surface area contributed by atoms with Gasteiger partial charge in [-0.1, -0.05) is 18.2 Å². The van der Waals surface area contributed by atoms with Crippen LogP contribution in [-0.2, 0) is 6.54 Å². The second-order valence-electron chi connectivity index (χ2n) is 5.02. The number of benzene rings is 1. The van der Waals surface area contributed by atoms with Crippen LogP contribution >= 0.6 is 11.8 Å². The predicted octanol–water partition coefficient (Wildman–Crippen LogP) is 2.65. The minimum Gasteiger partial charge on any atom is -0.496 e. The van der Waals surface area contributed by atoms with Gasteiger partial charge in [-0.2, -0.15) is 11.8 Å². The fraction of sp³-hybridized carbons (Fsp3) is 0.562. The number of para-hydroxylation sites is 1. The summed E-state index contributed by atoms with van der Waals surface area (Å²) >= 11 is 2.06. The van der Waals surface area contributed by atoms with E-state index in [1.165, 1.54) is 18.6 Å². The first-order valence-electron chi connectivity index (χ1n) is 7.59. The van der Waals surface area contributed by atoms with E-state index >= 15 is 0 Å². The Bertz CT molecular complexity index is 459. The third kappa shape index (κ3) is 5.16. The molecule has 0 radical (unpaired) electrons. The second-order valence-corrected chi connectivity index (χ2v) is 6.43. The van der Waals surface area contributed by atoms with Gasteiger partial charge in [0.1, 0.15) is 5.75 Å². The quantitative estimate of drug-likeness (QED) is 0.626. The highest BCUT2D eigenvalue weighted by Gasteiger charge is 2.15. The highest BCUT2D eigenvalue weighted by atomic mass is 32.2. The Morgan fingerprint density at radius 1 is 1.38 bits per heavy atom. The standard InChI is InChI=1S/C16H25N3OS/c1-3-17-16(19-12-14-8-6-10-21-14)18-11-13-7-4-5-9-15(13)20-2/h4-5,7,9,14H,3,6,8,10-12H2,1-2H3,(H2,17,18,19). The van der Waals surface area contributed by atoms with Gasteiger partial charge in [0, 0.05) is 23.9 Å². The van der Waals surface area contributed by atoms with E-state index in [4.69, 9.17) is 4.74 Å². The van der Waals surface area contributed by atoms with Crippen molar-refractivity contribution >= 4 is 17.7 Å². The topological polar surface area (TPSA) is 45.7 Å². The molecule has 0 aromatic heterocycles. The summed E-state index contributed by atoms with van der Waals surface area (Å²) in [5.74, 6) is 3.07. The zero-order chi connectivity index (χ0) is 14.9. The van der Waals surface area contributed by atoms with Crippen LogP contribution in [0.5, 0.6) is 5.75 Å². The van der Waals surface area contributed by atoms with Crippen molar-refractivity contribution in [1.82, 2.24) is 10.6 Å². The van der Waals surface area contributed by atoms with E-state index in [1.54, 1.807) is 7.11 Å². The highest BCUT2D eigenvalue weighted by Crippen LogP contribution is 2.25. The van der Waals surface area contributed by atoms with Crippen LogP contribution in [-0.4, -0.2) is 37.2 Å². The van der Waals surface area contributed by atoms with Gasteiger partial charge in [0.05, 0.1) is 13.7 Å². The first-order valence-corrected chi connectivity index (χ1v) is 8.64. The Morgan fingerprint density at radius 3 is 2.95 bits per heavy atom. The average Bonchev–Trinajstić information content (AvgIpc) is 3.03. The van der Waals surface area contributed by atoms with Gasteiger partial charge in [-0.05, 0) is 31.6 Å². The summed E-state index contributed by atoms with van der Waals surface area (Å²) in [6.07, 6.45) is 2.65. The summed E-state index contributed by atoms with van der Waals surface area (Å²) in [7, 11) is 1.70. The fourth-order valence-corrected chi connectivity index (χ4v) is 3.56. The highest BCUT2D eigenvalue weighted by molar-refractivity contribution is 8.00. The van der Waals surface area contributed by atoms with E-state index in [9.17, 15) is 0 Å². The lowest BCUT2D eigenvalue weighted by atomic mass is 10.2. The SMILES string of the molecule is CCNC(=NCc1ccccc1OC)NCC1CCCS1. The molecule has 5 heteroatoms. The summed E-state index contributed by atoms with van der Waals surface area (Å²) in [5.41, 5.74) is 1.10. The van der Waals surface area contributed by atoms with Crippen molar-refractivity contribution in [2.24, 2.45) is 4.99 Å². The molecule has 1 aliphatic heterocycles. The average molecular weight is 307 g/mol. The molecule has 0 spiro atoms. The van der Waals surface area contributed by atoms with Gasteiger partial charge in [0.15, 0.2) is 5.96 Å². The number of nitrogens with one attached hydrogen (secondary N) is 2. The molecule has 0 bridgehead atoms. The number of hydrogen-bond acceptors (Lipinski definition) is 3. The Labute approximate surface area is 131 Å². The van der Waals surface area contributed by atoms with Crippen LogP contribution in [0.15, 0.2) is 29.3 Å². The van der Waals surface area contributed by atoms with E-state index in [2.05, 4.69) is 40.4 Å². The van der Waals surface area contributed by atoms with E-state index in [0.29, 0.717) is 6.54 Å². The van der Waals surface area contributed by atoms with Crippen molar-refractivity contribution in [3.8, 4) is 5.75 Å². The summed E-state index contributed by atoms with van der Waals surface area (Å²) in [6.45, 7) is 4.57. The number of methoxy groups -OCH3 is 1. The van der Waals surface area contributed by atoms with Crippen molar-refractivity contribution in [1.29, 1.82) is 0 Å². The van der Waals surface area contributed by atoms with Crippen LogP contribution < -0.4 is 15.4 Å². The molecule has 2 N–H and O–H groups in total. The summed E-state index contributed by atoms with van der Waals surface area (Å²) < 4.78 is 5.37. The predicted molar refractivity (Wildman–Crippen MR) is 91.3 cm³/mol. The molecule has 1 saturated heterocycles. The molecule has 2 rings (SSSR count). The molecule has 1 aromatic carbocycles. The van der Waals surface area contributed by atoms with Gasteiger partial charge < -0.3 is 15.4 Å². The molecule has 1 aliphatic rings. The van der Waals surface area contributed by atoms with E-state index in [1.807, 2.05) is 18.2 Å². The van der Waals surface area contributed by atoms with Crippen molar-refractivity contribution in [3.63, 3.8) is 0 Å². The molecule has 1 fully saturated rings. The van der Waals surface area contributed by atoms with Crippen molar-refractivity contribution in [2.45, 2.75) is 31.6 Å². The molecule has 1 heterocycles. The van der Waals surface area contributed by atoms with Crippen LogP contribution in [0.1, 0.15) is 25.3 Å². The molecule has 0 amide bonds. The van der Waals surface area contributed by atoms with Crippen molar-refractivity contribution in [2.75, 3.05) is 26.0 Å². The Kier molecular flexibility index (Phi) is 6.73. The summed E-state index contributed by atoms with van der Waals surface area (Å²) in [4.78, 5) is 4.66. The number of hydrogen-bond donors (Lipinski definition) is 2. The minimum absolute atomic E-state index is 0.622. The molecular formula is C16H25N3OS. The van der Waals surface area contributed by atoms with Crippen LogP contribution in [0.2, 0.25) is 0 Å². The maximum Gasteiger partial charge on any atom is 0.191 e. The van der Waals surface area contributed by atoms with Crippen LogP contribution in [0.25, 0.3) is 0 Å². The largest absolute Gasteiger partial charge is 0.496 e. The Balaban J connectivity index is 1.92. The number of rotatable bonds is 6. The first kappa shape index (κ1) is 16.0. The normalized spacial score (nSPS) is 18.6. The van der Waals surface area contributed by atoms with Gasteiger partial charge in [-0.25, -0.2) is 4.99 Å². The number of nitrogens with zero attached hydrogens (tertiary/aromatic N) is 1. The number of aliphatic imine (C=N–C) groups is 1. The van der Waals surface area contributed by atoms with E-state index < -0.39 is 0 Å². The molecule has 116 valence electrons. The third-order valence-electron chi connectivity index (χ3n) is 3.47. The molecule has 1 aromatic rings.